The van der Waals surface area contributed by atoms with Crippen LogP contribution >= 0.6 is 11.6 Å². The molecule has 134 valence electrons. The fourth-order valence-corrected chi connectivity index (χ4v) is 3.21. The van der Waals surface area contributed by atoms with E-state index in [9.17, 15) is 18.0 Å². The normalized spacial score (nSPS) is 17.8. The Kier molecular flexibility index (Phi) is 4.51. The first-order chi connectivity index (χ1) is 11.7. The van der Waals surface area contributed by atoms with Gasteiger partial charge in [0.2, 0.25) is 0 Å². The van der Waals surface area contributed by atoms with Crippen LogP contribution in [0.15, 0.2) is 24.4 Å². The van der Waals surface area contributed by atoms with Crippen LogP contribution in [0.4, 0.5) is 18.9 Å². The van der Waals surface area contributed by atoms with E-state index in [1.807, 2.05) is 0 Å². The number of carbonyl (C=O) groups is 1. The number of aromatic nitrogens is 2. The van der Waals surface area contributed by atoms with Crippen molar-refractivity contribution >= 4 is 23.2 Å². The van der Waals surface area contributed by atoms with Gasteiger partial charge in [-0.1, -0.05) is 11.6 Å². The predicted octanol–water partition coefficient (Wildman–Crippen LogP) is 3.71. The number of carbonyl (C=O) groups excluding carboxylic acids is 1. The lowest BCUT2D eigenvalue weighted by molar-refractivity contribution is -0.137. The summed E-state index contributed by atoms with van der Waals surface area (Å²) in [6.45, 7) is 2.29. The summed E-state index contributed by atoms with van der Waals surface area (Å²) in [6.07, 6.45) is -2.96. The van der Waals surface area contributed by atoms with Gasteiger partial charge < -0.3 is 9.64 Å². The maximum atomic E-state index is 12.9. The summed E-state index contributed by atoms with van der Waals surface area (Å²) in [4.78, 5) is 14.2. The summed E-state index contributed by atoms with van der Waals surface area (Å²) in [5.41, 5.74) is 0.450. The molecular formula is C16H15ClF3N3O2. The molecule has 0 aliphatic carbocycles. The number of alkyl halides is 3. The van der Waals surface area contributed by atoms with Crippen molar-refractivity contribution in [1.82, 2.24) is 9.78 Å². The highest BCUT2D eigenvalue weighted by molar-refractivity contribution is 6.31. The number of anilines is 1. The Morgan fingerprint density at radius 3 is 2.72 bits per heavy atom. The fraction of sp³-hybridized carbons (Fsp3) is 0.375. The first kappa shape index (κ1) is 17.8. The molecule has 0 saturated heterocycles. The topological polar surface area (TPSA) is 47.4 Å². The standard InChI is InChI=1S/C16H15ClF3N3O2/c1-9-6-21-23-11(8-25-2)7-22(15(24)14(9)23)10-3-4-12(13(17)5-10)16(18,19)20/h3-6,11H,7-8H2,1-2H3. The van der Waals surface area contributed by atoms with Crippen molar-refractivity contribution in [3.63, 3.8) is 0 Å². The van der Waals surface area contributed by atoms with Crippen LogP contribution in [0.1, 0.15) is 27.7 Å². The van der Waals surface area contributed by atoms with Crippen LogP contribution in [0.25, 0.3) is 0 Å². The number of hydrogen-bond acceptors (Lipinski definition) is 3. The first-order valence-corrected chi connectivity index (χ1v) is 7.83. The van der Waals surface area contributed by atoms with Gasteiger partial charge in [-0.25, -0.2) is 0 Å². The molecule has 1 aliphatic rings. The molecule has 3 rings (SSSR count). The van der Waals surface area contributed by atoms with Crippen LogP contribution < -0.4 is 4.90 Å². The molecule has 0 radical (unpaired) electrons. The fourth-order valence-electron chi connectivity index (χ4n) is 2.93. The van der Waals surface area contributed by atoms with Crippen molar-refractivity contribution < 1.29 is 22.7 Å². The summed E-state index contributed by atoms with van der Waals surface area (Å²) < 4.78 is 45.4. The minimum Gasteiger partial charge on any atom is -0.382 e. The summed E-state index contributed by atoms with van der Waals surface area (Å²) in [6, 6.07) is 3.05. The SMILES string of the molecule is COCC1CN(c2ccc(C(F)(F)F)c(Cl)c2)C(=O)c2c(C)cnn21. The number of rotatable bonds is 3. The number of methoxy groups -OCH3 is 1. The number of ether oxygens (including phenoxy) is 1. The van der Waals surface area contributed by atoms with Crippen LogP contribution in [0.5, 0.6) is 0 Å². The highest BCUT2D eigenvalue weighted by Crippen LogP contribution is 2.37. The van der Waals surface area contributed by atoms with Gasteiger partial charge in [-0.05, 0) is 25.1 Å². The lowest BCUT2D eigenvalue weighted by atomic mass is 10.1. The lowest BCUT2D eigenvalue weighted by Gasteiger charge is -2.33. The maximum absolute atomic E-state index is 12.9. The molecule has 1 unspecified atom stereocenters. The molecule has 9 heteroatoms. The zero-order valence-corrected chi connectivity index (χ0v) is 14.2. The minimum atomic E-state index is -4.55. The third-order valence-corrected chi connectivity index (χ3v) is 4.41. The van der Waals surface area contributed by atoms with Gasteiger partial charge in [-0.2, -0.15) is 18.3 Å². The summed E-state index contributed by atoms with van der Waals surface area (Å²) in [7, 11) is 1.53. The van der Waals surface area contributed by atoms with Gasteiger partial charge in [-0.15, -0.1) is 0 Å². The number of fused-ring (bicyclic) bond motifs is 1. The number of aryl methyl sites for hydroxylation is 1. The van der Waals surface area contributed by atoms with Crippen molar-refractivity contribution in [3.05, 3.63) is 46.2 Å². The predicted molar refractivity (Wildman–Crippen MR) is 86.0 cm³/mol. The Balaban J connectivity index is 2.02. The Hall–Kier alpha value is -2.06. The molecule has 2 heterocycles. The third-order valence-electron chi connectivity index (χ3n) is 4.09. The van der Waals surface area contributed by atoms with E-state index >= 15 is 0 Å². The Morgan fingerprint density at radius 1 is 1.40 bits per heavy atom. The van der Waals surface area contributed by atoms with Gasteiger partial charge in [-0.3, -0.25) is 9.48 Å². The first-order valence-electron chi connectivity index (χ1n) is 7.45. The largest absolute Gasteiger partial charge is 0.417 e. The monoisotopic (exact) mass is 373 g/mol. The van der Waals surface area contributed by atoms with Crippen molar-refractivity contribution in [2.24, 2.45) is 0 Å². The molecule has 0 bridgehead atoms. The molecular weight excluding hydrogens is 359 g/mol. The zero-order valence-electron chi connectivity index (χ0n) is 13.5. The summed E-state index contributed by atoms with van der Waals surface area (Å²) >= 11 is 5.79. The summed E-state index contributed by atoms with van der Waals surface area (Å²) in [5.74, 6) is -0.335. The van der Waals surface area contributed by atoms with E-state index in [1.54, 1.807) is 17.8 Å². The van der Waals surface area contributed by atoms with Crippen LogP contribution in [0.2, 0.25) is 5.02 Å². The molecule has 25 heavy (non-hydrogen) atoms. The molecule has 2 aromatic rings. The maximum Gasteiger partial charge on any atom is 0.417 e. The smallest absolute Gasteiger partial charge is 0.382 e. The Morgan fingerprint density at radius 2 is 2.12 bits per heavy atom. The molecule has 0 saturated carbocycles. The van der Waals surface area contributed by atoms with E-state index in [4.69, 9.17) is 16.3 Å². The molecule has 1 aromatic carbocycles. The average molecular weight is 374 g/mol. The number of benzene rings is 1. The second kappa shape index (κ2) is 6.34. The van der Waals surface area contributed by atoms with E-state index in [-0.39, 0.29) is 18.5 Å². The zero-order chi connectivity index (χ0) is 18.4. The quantitative estimate of drug-likeness (QED) is 0.824. The highest BCUT2D eigenvalue weighted by atomic mass is 35.5. The lowest BCUT2D eigenvalue weighted by Crippen LogP contribution is -2.45. The molecule has 5 nitrogen and oxygen atoms in total. The van der Waals surface area contributed by atoms with Crippen molar-refractivity contribution in [2.45, 2.75) is 19.1 Å². The van der Waals surface area contributed by atoms with Gasteiger partial charge in [0, 0.05) is 18.4 Å². The van der Waals surface area contributed by atoms with E-state index in [0.29, 0.717) is 23.6 Å². The Bertz CT molecular complexity index is 819. The minimum absolute atomic E-state index is 0.225. The number of halogens is 4. The van der Waals surface area contributed by atoms with Gasteiger partial charge in [0.05, 0.1) is 36.0 Å². The molecule has 0 fully saturated rings. The highest BCUT2D eigenvalue weighted by Gasteiger charge is 2.36. The molecule has 1 atom stereocenters. The van der Waals surface area contributed by atoms with Crippen LogP contribution in [-0.2, 0) is 10.9 Å². The van der Waals surface area contributed by atoms with Crippen molar-refractivity contribution in [2.75, 3.05) is 25.2 Å². The Labute approximate surface area is 146 Å². The molecule has 1 aromatic heterocycles. The van der Waals surface area contributed by atoms with E-state index in [0.717, 1.165) is 12.1 Å². The van der Waals surface area contributed by atoms with Gasteiger partial charge >= 0.3 is 6.18 Å². The number of hydrogen-bond donors (Lipinski definition) is 0. The van der Waals surface area contributed by atoms with Crippen molar-refractivity contribution in [1.29, 1.82) is 0 Å². The molecule has 1 aliphatic heterocycles. The van der Waals surface area contributed by atoms with Gasteiger partial charge in [0.15, 0.2) is 0 Å². The molecule has 0 N–H and O–H groups in total. The van der Waals surface area contributed by atoms with Crippen LogP contribution in [-0.4, -0.2) is 35.9 Å². The van der Waals surface area contributed by atoms with Crippen LogP contribution in [0.3, 0.4) is 0 Å². The molecule has 0 spiro atoms. The van der Waals surface area contributed by atoms with Gasteiger partial charge in [0.25, 0.3) is 5.91 Å². The number of amides is 1. The van der Waals surface area contributed by atoms with Gasteiger partial charge in [0.1, 0.15) is 5.69 Å². The summed E-state index contributed by atoms with van der Waals surface area (Å²) in [5, 5.41) is 3.77. The van der Waals surface area contributed by atoms with E-state index in [2.05, 4.69) is 5.10 Å². The average Bonchev–Trinajstić information content (AvgIpc) is 2.91. The van der Waals surface area contributed by atoms with Crippen molar-refractivity contribution in [3.8, 4) is 0 Å². The third kappa shape index (κ3) is 3.11. The number of nitrogens with zero attached hydrogens (tertiary/aromatic N) is 3. The second-order valence-electron chi connectivity index (χ2n) is 5.81. The second-order valence-corrected chi connectivity index (χ2v) is 6.21. The molecule has 1 amide bonds. The van der Waals surface area contributed by atoms with E-state index in [1.165, 1.54) is 18.1 Å². The van der Waals surface area contributed by atoms with Crippen LogP contribution in [0, 0.1) is 6.92 Å². The van der Waals surface area contributed by atoms with E-state index < -0.39 is 16.8 Å².